The molecule has 0 bridgehead atoms. The Morgan fingerprint density at radius 1 is 1.67 bits per heavy atom. The Morgan fingerprint density at radius 3 is 2.50 bits per heavy atom. The van der Waals surface area contributed by atoms with E-state index in [1.54, 1.807) is 13.8 Å². The maximum atomic E-state index is 10.4. The Bertz CT molecular complexity index is 181. The minimum absolute atomic E-state index is 0.0754. The molecule has 2 unspecified atom stereocenters. The second kappa shape index (κ2) is 4.58. The zero-order valence-corrected chi connectivity index (χ0v) is 7.29. The first-order valence-corrected chi connectivity index (χ1v) is 3.76. The molecule has 0 aromatic rings. The first-order chi connectivity index (χ1) is 5.43. The minimum Gasteiger partial charge on any atom is -0.481 e. The van der Waals surface area contributed by atoms with E-state index in [1.165, 1.54) is 0 Å². The summed E-state index contributed by atoms with van der Waals surface area (Å²) in [4.78, 5) is 10.4. The topological polar surface area (TPSA) is 99.2 Å². The van der Waals surface area contributed by atoms with Crippen molar-refractivity contribution in [2.24, 2.45) is 11.7 Å². The number of hydrogen-bond acceptors (Lipinski definition) is 2. The lowest BCUT2D eigenvalue weighted by atomic mass is 10.0. The standard InChI is InChI=1S/C7H15N3O2/c1-4(6(11)12)3-5(2)10-7(8)9/h4-5H,3H2,1-2H3,(H,11,12)(H4,8,9,10). The molecule has 0 aromatic carbocycles. The van der Waals surface area contributed by atoms with E-state index in [2.05, 4.69) is 5.32 Å². The van der Waals surface area contributed by atoms with E-state index in [9.17, 15) is 4.79 Å². The van der Waals surface area contributed by atoms with Crippen LogP contribution in [0.25, 0.3) is 0 Å². The van der Waals surface area contributed by atoms with Crippen molar-refractivity contribution in [1.82, 2.24) is 5.32 Å². The summed E-state index contributed by atoms with van der Waals surface area (Å²) in [6.07, 6.45) is 0.467. The number of nitrogens with one attached hydrogen (secondary N) is 2. The molecule has 0 fully saturated rings. The highest BCUT2D eigenvalue weighted by Crippen LogP contribution is 2.04. The average Bonchev–Trinajstić information content (AvgIpc) is 1.84. The van der Waals surface area contributed by atoms with Crippen LogP contribution in [0.4, 0.5) is 0 Å². The van der Waals surface area contributed by atoms with E-state index in [0.717, 1.165) is 0 Å². The van der Waals surface area contributed by atoms with Gasteiger partial charge in [-0.2, -0.15) is 0 Å². The molecule has 0 aliphatic carbocycles. The Hall–Kier alpha value is -1.26. The molecule has 0 rings (SSSR count). The molecule has 5 nitrogen and oxygen atoms in total. The van der Waals surface area contributed by atoms with Gasteiger partial charge in [0.05, 0.1) is 5.92 Å². The first kappa shape index (κ1) is 10.7. The highest BCUT2D eigenvalue weighted by Gasteiger charge is 2.14. The van der Waals surface area contributed by atoms with Gasteiger partial charge < -0.3 is 16.2 Å². The Kier molecular flexibility index (Phi) is 4.10. The van der Waals surface area contributed by atoms with Gasteiger partial charge in [-0.25, -0.2) is 0 Å². The highest BCUT2D eigenvalue weighted by molar-refractivity contribution is 5.74. The van der Waals surface area contributed by atoms with Gasteiger partial charge in [-0.3, -0.25) is 10.2 Å². The van der Waals surface area contributed by atoms with Crippen LogP contribution in [0.3, 0.4) is 0 Å². The van der Waals surface area contributed by atoms with Crippen molar-refractivity contribution in [2.45, 2.75) is 26.3 Å². The molecule has 0 heterocycles. The maximum absolute atomic E-state index is 10.4. The van der Waals surface area contributed by atoms with E-state index < -0.39 is 11.9 Å². The van der Waals surface area contributed by atoms with Crippen molar-refractivity contribution in [1.29, 1.82) is 5.41 Å². The lowest BCUT2D eigenvalue weighted by Crippen LogP contribution is -2.38. The van der Waals surface area contributed by atoms with Gasteiger partial charge in [0.15, 0.2) is 5.96 Å². The summed E-state index contributed by atoms with van der Waals surface area (Å²) in [5.74, 6) is -1.36. The monoisotopic (exact) mass is 173 g/mol. The fourth-order valence-electron chi connectivity index (χ4n) is 0.956. The van der Waals surface area contributed by atoms with Gasteiger partial charge in [-0.15, -0.1) is 0 Å². The lowest BCUT2D eigenvalue weighted by molar-refractivity contribution is -0.141. The van der Waals surface area contributed by atoms with Crippen LogP contribution in [0.1, 0.15) is 20.3 Å². The Morgan fingerprint density at radius 2 is 2.17 bits per heavy atom. The third-order valence-electron chi connectivity index (χ3n) is 1.53. The van der Waals surface area contributed by atoms with Crippen LogP contribution in [0.5, 0.6) is 0 Å². The second-order valence-corrected chi connectivity index (χ2v) is 2.93. The molecule has 0 radical (unpaired) electrons. The highest BCUT2D eigenvalue weighted by atomic mass is 16.4. The molecule has 0 aliphatic rings. The first-order valence-electron chi connectivity index (χ1n) is 3.76. The number of hydrogen-bond donors (Lipinski definition) is 4. The quantitative estimate of drug-likeness (QED) is 0.354. The van der Waals surface area contributed by atoms with Crippen LogP contribution >= 0.6 is 0 Å². The fourth-order valence-corrected chi connectivity index (χ4v) is 0.956. The lowest BCUT2D eigenvalue weighted by Gasteiger charge is -2.15. The molecule has 0 aliphatic heterocycles. The molecular weight excluding hydrogens is 158 g/mol. The third-order valence-corrected chi connectivity index (χ3v) is 1.53. The normalized spacial score (nSPS) is 14.8. The molecule has 0 saturated carbocycles. The van der Waals surface area contributed by atoms with E-state index in [-0.39, 0.29) is 12.0 Å². The van der Waals surface area contributed by atoms with Gasteiger partial charge in [-0.1, -0.05) is 6.92 Å². The summed E-state index contributed by atoms with van der Waals surface area (Å²) >= 11 is 0. The SMILES string of the molecule is CC(CC(C)C(=O)O)NC(=N)N. The van der Waals surface area contributed by atoms with Crippen LogP contribution in [0.15, 0.2) is 0 Å². The zero-order valence-electron chi connectivity index (χ0n) is 7.29. The molecular formula is C7H15N3O2. The second-order valence-electron chi connectivity index (χ2n) is 2.93. The van der Waals surface area contributed by atoms with Gasteiger partial charge in [0.1, 0.15) is 0 Å². The zero-order chi connectivity index (χ0) is 9.72. The van der Waals surface area contributed by atoms with Gasteiger partial charge >= 0.3 is 5.97 Å². The predicted octanol–water partition coefficient (Wildman–Crippen LogP) is -0.0312. The molecule has 5 N–H and O–H groups in total. The number of carboxylic acid groups (broad SMARTS) is 1. The largest absolute Gasteiger partial charge is 0.481 e. The molecule has 70 valence electrons. The van der Waals surface area contributed by atoms with Crippen molar-refractivity contribution in [3.8, 4) is 0 Å². The summed E-state index contributed by atoms with van der Waals surface area (Å²) in [6, 6.07) is -0.0754. The van der Waals surface area contributed by atoms with Crippen LogP contribution in [-0.2, 0) is 4.79 Å². The van der Waals surface area contributed by atoms with E-state index in [1.807, 2.05) is 0 Å². The van der Waals surface area contributed by atoms with E-state index in [0.29, 0.717) is 6.42 Å². The van der Waals surface area contributed by atoms with Crippen molar-refractivity contribution in [2.75, 3.05) is 0 Å². The van der Waals surface area contributed by atoms with Gasteiger partial charge in [0, 0.05) is 6.04 Å². The van der Waals surface area contributed by atoms with Crippen LogP contribution < -0.4 is 11.1 Å². The Balaban J connectivity index is 3.76. The molecule has 12 heavy (non-hydrogen) atoms. The predicted molar refractivity (Wildman–Crippen MR) is 45.9 cm³/mol. The van der Waals surface area contributed by atoms with Crippen LogP contribution in [0, 0.1) is 11.3 Å². The van der Waals surface area contributed by atoms with Gasteiger partial charge in [0.25, 0.3) is 0 Å². The number of rotatable bonds is 4. The van der Waals surface area contributed by atoms with Crippen molar-refractivity contribution in [3.05, 3.63) is 0 Å². The maximum Gasteiger partial charge on any atom is 0.306 e. The summed E-state index contributed by atoms with van der Waals surface area (Å²) < 4.78 is 0. The number of carboxylic acids is 1. The number of guanidine groups is 1. The molecule has 5 heteroatoms. The average molecular weight is 173 g/mol. The van der Waals surface area contributed by atoms with E-state index >= 15 is 0 Å². The minimum atomic E-state index is -0.827. The summed E-state index contributed by atoms with van der Waals surface area (Å²) in [5, 5.41) is 18.1. The summed E-state index contributed by atoms with van der Waals surface area (Å²) in [5.41, 5.74) is 5.07. The van der Waals surface area contributed by atoms with Crippen molar-refractivity contribution < 1.29 is 9.90 Å². The van der Waals surface area contributed by atoms with E-state index in [4.69, 9.17) is 16.2 Å². The van der Waals surface area contributed by atoms with Gasteiger partial charge in [0.2, 0.25) is 0 Å². The molecule has 2 atom stereocenters. The molecule has 0 amide bonds. The number of aliphatic carboxylic acids is 1. The van der Waals surface area contributed by atoms with Gasteiger partial charge in [-0.05, 0) is 13.3 Å². The summed E-state index contributed by atoms with van der Waals surface area (Å²) in [6.45, 7) is 3.42. The van der Waals surface area contributed by atoms with Crippen LogP contribution in [0.2, 0.25) is 0 Å². The summed E-state index contributed by atoms with van der Waals surface area (Å²) in [7, 11) is 0. The molecule has 0 spiro atoms. The smallest absolute Gasteiger partial charge is 0.306 e. The fraction of sp³-hybridized carbons (Fsp3) is 0.714. The number of carbonyl (C=O) groups is 1. The van der Waals surface area contributed by atoms with Crippen molar-refractivity contribution in [3.63, 3.8) is 0 Å². The van der Waals surface area contributed by atoms with Crippen molar-refractivity contribution >= 4 is 11.9 Å². The molecule has 0 aromatic heterocycles. The third kappa shape index (κ3) is 4.54. The Labute approximate surface area is 71.5 Å². The van der Waals surface area contributed by atoms with Crippen LogP contribution in [-0.4, -0.2) is 23.1 Å². The number of nitrogens with two attached hydrogens (primary N) is 1. The molecule has 0 saturated heterocycles.